The van der Waals surface area contributed by atoms with Crippen molar-refractivity contribution < 1.29 is 19.1 Å². The van der Waals surface area contributed by atoms with Gasteiger partial charge >= 0.3 is 0 Å². The van der Waals surface area contributed by atoms with Gasteiger partial charge in [-0.15, -0.1) is 0 Å². The van der Waals surface area contributed by atoms with Crippen molar-refractivity contribution in [3.63, 3.8) is 0 Å². The van der Waals surface area contributed by atoms with Gasteiger partial charge in [0.1, 0.15) is 5.75 Å². The molecule has 3 N–H and O–H groups in total. The van der Waals surface area contributed by atoms with Crippen LogP contribution in [0, 0.1) is 5.92 Å². The molecule has 1 atom stereocenters. The molecule has 3 fully saturated rings. The molecule has 1 aromatic carbocycles. The zero-order chi connectivity index (χ0) is 24.8. The van der Waals surface area contributed by atoms with Crippen molar-refractivity contribution in [2.75, 3.05) is 20.2 Å². The van der Waals surface area contributed by atoms with Crippen molar-refractivity contribution >= 4 is 17.7 Å². The molecule has 0 spiro atoms. The number of ether oxygens (including phenoxy) is 1. The van der Waals surface area contributed by atoms with Crippen LogP contribution in [-0.4, -0.2) is 66.0 Å². The molecular weight excluding hydrogens is 444 g/mol. The van der Waals surface area contributed by atoms with E-state index in [2.05, 4.69) is 5.32 Å². The third-order valence-corrected chi connectivity index (χ3v) is 7.88. The fourth-order valence-electron chi connectivity index (χ4n) is 5.81. The van der Waals surface area contributed by atoms with Crippen molar-refractivity contribution in [2.24, 2.45) is 11.7 Å². The van der Waals surface area contributed by atoms with Gasteiger partial charge in [0, 0.05) is 37.2 Å². The van der Waals surface area contributed by atoms with Crippen LogP contribution in [0.25, 0.3) is 0 Å². The largest absolute Gasteiger partial charge is 0.497 e. The summed E-state index contributed by atoms with van der Waals surface area (Å²) >= 11 is 0. The Morgan fingerprint density at radius 3 is 2.43 bits per heavy atom. The van der Waals surface area contributed by atoms with E-state index < -0.39 is 6.17 Å². The van der Waals surface area contributed by atoms with E-state index in [1.54, 1.807) is 41.2 Å². The number of carbonyl (C=O) groups is 3. The maximum atomic E-state index is 13.6. The van der Waals surface area contributed by atoms with E-state index in [0.29, 0.717) is 43.2 Å². The average molecular weight is 485 g/mol. The quantitative estimate of drug-likeness (QED) is 0.619. The molecule has 0 aromatic heterocycles. The summed E-state index contributed by atoms with van der Waals surface area (Å²) in [4.78, 5) is 43.8. The van der Waals surface area contributed by atoms with E-state index in [1.165, 1.54) is 25.7 Å². The lowest BCUT2D eigenvalue weighted by atomic mass is 9.91. The summed E-state index contributed by atoms with van der Waals surface area (Å²) in [5.74, 6) is 0.610. The predicted molar refractivity (Wildman–Crippen MR) is 134 cm³/mol. The van der Waals surface area contributed by atoms with Gasteiger partial charge in [-0.1, -0.05) is 31.7 Å². The number of rotatable bonds is 7. The summed E-state index contributed by atoms with van der Waals surface area (Å²) in [6.07, 6.45) is 9.20. The third-order valence-electron chi connectivity index (χ3n) is 7.88. The lowest BCUT2D eigenvalue weighted by molar-refractivity contribution is -0.149. The van der Waals surface area contributed by atoms with Crippen molar-refractivity contribution in [3.05, 3.63) is 29.8 Å². The summed E-state index contributed by atoms with van der Waals surface area (Å²) in [7, 11) is 1.56. The zero-order valence-electron chi connectivity index (χ0n) is 20.9. The normalized spacial score (nSPS) is 25.4. The zero-order valence-corrected chi connectivity index (χ0v) is 20.9. The van der Waals surface area contributed by atoms with Crippen LogP contribution in [-0.2, 0) is 9.59 Å². The van der Waals surface area contributed by atoms with E-state index in [9.17, 15) is 14.4 Å². The highest BCUT2D eigenvalue weighted by Crippen LogP contribution is 2.30. The predicted octanol–water partition coefficient (Wildman–Crippen LogP) is 3.05. The minimum atomic E-state index is -0.936. The van der Waals surface area contributed by atoms with Gasteiger partial charge < -0.3 is 25.6 Å². The van der Waals surface area contributed by atoms with E-state index in [-0.39, 0.29) is 29.8 Å². The number of methoxy groups -OCH3 is 1. The smallest absolute Gasteiger partial charge is 0.264 e. The molecule has 3 aliphatic rings. The summed E-state index contributed by atoms with van der Waals surface area (Å²) in [5, 5.41) is 3.14. The number of nitrogens with zero attached hydrogens (tertiary/aromatic N) is 2. The molecule has 8 heteroatoms. The molecule has 1 aliphatic heterocycles. The van der Waals surface area contributed by atoms with Gasteiger partial charge in [0.2, 0.25) is 5.91 Å². The highest BCUT2D eigenvalue weighted by atomic mass is 16.5. The van der Waals surface area contributed by atoms with Crippen LogP contribution >= 0.6 is 0 Å². The molecule has 1 unspecified atom stereocenters. The monoisotopic (exact) mass is 484 g/mol. The Labute approximate surface area is 208 Å². The van der Waals surface area contributed by atoms with Crippen molar-refractivity contribution in [3.8, 4) is 5.75 Å². The fraction of sp³-hybridized carbons (Fsp3) is 0.667. The molecule has 2 saturated carbocycles. The minimum Gasteiger partial charge on any atom is -0.497 e. The lowest BCUT2D eigenvalue weighted by Crippen LogP contribution is -2.64. The highest BCUT2D eigenvalue weighted by Gasteiger charge is 2.41. The van der Waals surface area contributed by atoms with Crippen LogP contribution in [0.15, 0.2) is 24.3 Å². The summed E-state index contributed by atoms with van der Waals surface area (Å²) in [5.41, 5.74) is 6.49. The Morgan fingerprint density at radius 1 is 1.00 bits per heavy atom. The summed E-state index contributed by atoms with van der Waals surface area (Å²) < 4.78 is 5.29. The number of nitrogens with two attached hydrogens (primary N) is 1. The third kappa shape index (κ3) is 6.34. The van der Waals surface area contributed by atoms with Crippen LogP contribution < -0.4 is 15.8 Å². The fourth-order valence-corrected chi connectivity index (χ4v) is 5.81. The van der Waals surface area contributed by atoms with Gasteiger partial charge in [-0.2, -0.15) is 0 Å². The van der Waals surface area contributed by atoms with E-state index in [1.807, 2.05) is 0 Å². The number of nitrogens with one attached hydrogen (secondary N) is 1. The van der Waals surface area contributed by atoms with E-state index in [4.69, 9.17) is 10.5 Å². The molecule has 1 saturated heterocycles. The first-order chi connectivity index (χ1) is 17.0. The molecule has 2 aliphatic carbocycles. The second-order valence-corrected chi connectivity index (χ2v) is 10.4. The van der Waals surface area contributed by atoms with Crippen molar-refractivity contribution in [2.45, 2.75) is 88.9 Å². The molecule has 0 radical (unpaired) electrons. The maximum Gasteiger partial charge on any atom is 0.264 e. The Bertz CT molecular complexity index is 893. The Hall–Kier alpha value is -2.61. The number of hydrogen-bond acceptors (Lipinski definition) is 5. The Kier molecular flexibility index (Phi) is 8.65. The Morgan fingerprint density at radius 2 is 1.71 bits per heavy atom. The molecule has 35 heavy (non-hydrogen) atoms. The topological polar surface area (TPSA) is 105 Å². The first kappa shape index (κ1) is 25.5. The second kappa shape index (κ2) is 11.9. The van der Waals surface area contributed by atoms with Crippen LogP contribution in [0.2, 0.25) is 0 Å². The van der Waals surface area contributed by atoms with Crippen LogP contribution in [0.4, 0.5) is 0 Å². The maximum absolute atomic E-state index is 13.6. The molecule has 1 heterocycles. The standard InChI is InChI=1S/C27H40N4O4/c1-35-23-9-4-8-20(18-23)27(34)31-17-5-16-30(24(32)15-10-19-6-2-3-7-19)26(31)25(33)29-22-13-11-21(28)12-14-22/h4,8-9,18-19,21-22,26H,2-3,5-7,10-17,28H2,1H3,(H,29,33). The van der Waals surface area contributed by atoms with Gasteiger partial charge in [-0.3, -0.25) is 14.4 Å². The molecule has 0 bridgehead atoms. The van der Waals surface area contributed by atoms with Gasteiger partial charge in [0.25, 0.3) is 11.8 Å². The summed E-state index contributed by atoms with van der Waals surface area (Å²) in [6, 6.07) is 7.15. The minimum absolute atomic E-state index is 0.0217. The number of amides is 3. The number of carbonyl (C=O) groups excluding carboxylic acids is 3. The first-order valence-corrected chi connectivity index (χ1v) is 13.3. The van der Waals surface area contributed by atoms with Gasteiger partial charge in [0.15, 0.2) is 6.17 Å². The molecule has 1 aromatic rings. The molecule has 8 nitrogen and oxygen atoms in total. The van der Waals surface area contributed by atoms with E-state index in [0.717, 1.165) is 32.1 Å². The molecule has 192 valence electrons. The number of benzene rings is 1. The van der Waals surface area contributed by atoms with Crippen LogP contribution in [0.1, 0.15) is 81.0 Å². The summed E-state index contributed by atoms with van der Waals surface area (Å²) in [6.45, 7) is 0.912. The SMILES string of the molecule is COc1cccc(C(=O)N2CCCN(C(=O)CCC3CCCC3)C2C(=O)NC2CCC(N)CC2)c1. The average Bonchev–Trinajstić information content (AvgIpc) is 3.41. The van der Waals surface area contributed by atoms with Crippen LogP contribution in [0.5, 0.6) is 5.75 Å². The van der Waals surface area contributed by atoms with Crippen LogP contribution in [0.3, 0.4) is 0 Å². The van der Waals surface area contributed by atoms with Gasteiger partial charge in [0.05, 0.1) is 7.11 Å². The lowest BCUT2D eigenvalue weighted by Gasteiger charge is -2.43. The van der Waals surface area contributed by atoms with E-state index >= 15 is 0 Å². The number of hydrogen-bond donors (Lipinski definition) is 2. The van der Waals surface area contributed by atoms with Crippen molar-refractivity contribution in [1.82, 2.24) is 15.1 Å². The highest BCUT2D eigenvalue weighted by molar-refractivity contribution is 5.99. The first-order valence-electron chi connectivity index (χ1n) is 13.3. The van der Waals surface area contributed by atoms with Gasteiger partial charge in [-0.25, -0.2) is 0 Å². The molecule has 4 rings (SSSR count). The van der Waals surface area contributed by atoms with Crippen molar-refractivity contribution in [1.29, 1.82) is 0 Å². The molecule has 3 amide bonds. The second-order valence-electron chi connectivity index (χ2n) is 10.4. The Balaban J connectivity index is 1.53. The van der Waals surface area contributed by atoms with Gasteiger partial charge in [-0.05, 0) is 62.6 Å². The molecular formula is C27H40N4O4.